The molecule has 0 atom stereocenters. The van der Waals surface area contributed by atoms with Gasteiger partial charge in [-0.2, -0.15) is 10.1 Å². The third kappa shape index (κ3) is 2.47. The lowest BCUT2D eigenvalue weighted by atomic mass is 10.2. The zero-order chi connectivity index (χ0) is 13.1. The van der Waals surface area contributed by atoms with Crippen molar-refractivity contribution in [3.63, 3.8) is 0 Å². The number of amides is 1. The number of hydrogen-bond acceptors (Lipinski definition) is 5. The van der Waals surface area contributed by atoms with Crippen LogP contribution < -0.4 is 11.1 Å². The monoisotopic (exact) mass is 249 g/mol. The maximum Gasteiger partial charge on any atom is 0.288 e. The molecule has 0 aliphatic heterocycles. The lowest BCUT2D eigenvalue weighted by molar-refractivity contribution is 0.0941. The average Bonchev–Trinajstić information content (AvgIpc) is 2.92. The Hall–Kier alpha value is -2.38. The lowest BCUT2D eigenvalue weighted by Gasteiger charge is -2.01. The molecule has 0 aliphatic carbocycles. The first kappa shape index (κ1) is 12.1. The molecular weight excluding hydrogens is 234 g/mol. The number of nitrogens with one attached hydrogen (secondary N) is 2. The van der Waals surface area contributed by atoms with Gasteiger partial charge in [0, 0.05) is 25.4 Å². The molecule has 2 rings (SSSR count). The van der Waals surface area contributed by atoms with E-state index in [0.29, 0.717) is 6.54 Å². The summed E-state index contributed by atoms with van der Waals surface area (Å²) in [5.74, 6) is -0.185. The molecule has 8 nitrogen and oxygen atoms in total. The molecule has 0 unspecified atom stereocenters. The topological polar surface area (TPSA) is 115 Å². The smallest absolute Gasteiger partial charge is 0.288 e. The van der Waals surface area contributed by atoms with Crippen LogP contribution in [0.2, 0.25) is 0 Å². The van der Waals surface area contributed by atoms with Gasteiger partial charge < -0.3 is 11.1 Å². The van der Waals surface area contributed by atoms with E-state index in [1.807, 2.05) is 20.2 Å². The predicted molar refractivity (Wildman–Crippen MR) is 64.6 cm³/mol. The Morgan fingerprint density at radius 2 is 2.39 bits per heavy atom. The normalized spacial score (nSPS) is 10.6. The minimum atomic E-state index is -0.342. The number of rotatable bonds is 4. The van der Waals surface area contributed by atoms with Gasteiger partial charge in [-0.15, -0.1) is 5.10 Å². The zero-order valence-electron chi connectivity index (χ0n) is 10.3. The molecule has 8 heteroatoms. The number of anilines is 1. The summed E-state index contributed by atoms with van der Waals surface area (Å²) in [5.41, 5.74) is 7.28. The van der Waals surface area contributed by atoms with Crippen molar-refractivity contribution in [2.24, 2.45) is 7.05 Å². The highest BCUT2D eigenvalue weighted by Gasteiger charge is 2.12. The Balaban J connectivity index is 2.01. The molecule has 2 aromatic rings. The Kier molecular flexibility index (Phi) is 3.26. The Morgan fingerprint density at radius 1 is 1.61 bits per heavy atom. The molecule has 0 radical (unpaired) electrons. The van der Waals surface area contributed by atoms with E-state index in [1.165, 1.54) is 0 Å². The van der Waals surface area contributed by atoms with Gasteiger partial charge in [-0.05, 0) is 6.42 Å². The number of carbonyl (C=O) groups excluding carboxylic acids is 1. The largest absolute Gasteiger partial charge is 0.366 e. The van der Waals surface area contributed by atoms with Crippen LogP contribution in [0.4, 0.5) is 5.95 Å². The third-order valence-corrected chi connectivity index (χ3v) is 2.48. The van der Waals surface area contributed by atoms with Gasteiger partial charge in [0.2, 0.25) is 11.8 Å². The van der Waals surface area contributed by atoms with Crippen molar-refractivity contribution in [1.29, 1.82) is 0 Å². The minimum Gasteiger partial charge on any atom is -0.366 e. The molecule has 18 heavy (non-hydrogen) atoms. The number of aromatic amines is 1. The first-order valence-corrected chi connectivity index (χ1v) is 5.57. The van der Waals surface area contributed by atoms with Crippen LogP contribution in [0.5, 0.6) is 0 Å². The van der Waals surface area contributed by atoms with E-state index < -0.39 is 0 Å². The number of nitrogens with zero attached hydrogens (tertiary/aromatic N) is 4. The fraction of sp³-hybridized carbons (Fsp3) is 0.400. The highest BCUT2D eigenvalue weighted by Crippen LogP contribution is 2.06. The number of hydrogen-bond donors (Lipinski definition) is 3. The van der Waals surface area contributed by atoms with Crippen molar-refractivity contribution in [1.82, 2.24) is 30.3 Å². The maximum atomic E-state index is 11.7. The maximum absolute atomic E-state index is 11.7. The van der Waals surface area contributed by atoms with E-state index in [-0.39, 0.29) is 17.7 Å². The third-order valence-electron chi connectivity index (χ3n) is 2.48. The summed E-state index contributed by atoms with van der Waals surface area (Å²) in [6.07, 6.45) is 2.70. The van der Waals surface area contributed by atoms with E-state index in [9.17, 15) is 4.79 Å². The van der Waals surface area contributed by atoms with Gasteiger partial charge in [0.15, 0.2) is 0 Å². The average molecular weight is 249 g/mol. The van der Waals surface area contributed by atoms with Crippen LogP contribution in [0.3, 0.4) is 0 Å². The molecule has 0 bridgehead atoms. The van der Waals surface area contributed by atoms with Crippen molar-refractivity contribution in [2.75, 3.05) is 5.73 Å². The van der Waals surface area contributed by atoms with Gasteiger partial charge >= 0.3 is 0 Å². The second-order valence-corrected chi connectivity index (χ2v) is 3.85. The van der Waals surface area contributed by atoms with Crippen molar-refractivity contribution in [2.45, 2.75) is 19.9 Å². The number of nitrogens with two attached hydrogens (primary N) is 1. The molecule has 96 valence electrons. The van der Waals surface area contributed by atoms with Crippen LogP contribution in [0.15, 0.2) is 6.20 Å². The lowest BCUT2D eigenvalue weighted by Crippen LogP contribution is -2.24. The van der Waals surface area contributed by atoms with Crippen LogP contribution in [0, 0.1) is 0 Å². The fourth-order valence-corrected chi connectivity index (χ4v) is 1.66. The number of aromatic nitrogens is 5. The van der Waals surface area contributed by atoms with Crippen LogP contribution in [0.25, 0.3) is 0 Å². The summed E-state index contributed by atoms with van der Waals surface area (Å²) in [4.78, 5) is 15.5. The summed E-state index contributed by atoms with van der Waals surface area (Å²) in [5, 5.41) is 13.1. The van der Waals surface area contributed by atoms with Crippen molar-refractivity contribution >= 4 is 11.9 Å². The van der Waals surface area contributed by atoms with Crippen molar-refractivity contribution in [3.8, 4) is 0 Å². The second-order valence-electron chi connectivity index (χ2n) is 3.85. The van der Waals surface area contributed by atoms with Gasteiger partial charge in [0.25, 0.3) is 5.91 Å². The first-order valence-electron chi connectivity index (χ1n) is 5.57. The zero-order valence-corrected chi connectivity index (χ0v) is 10.3. The van der Waals surface area contributed by atoms with Gasteiger partial charge in [0.05, 0.1) is 5.69 Å². The Labute approximate surface area is 104 Å². The highest BCUT2D eigenvalue weighted by molar-refractivity contribution is 5.90. The Bertz CT molecular complexity index is 556. The number of H-pyrrole nitrogens is 1. The molecule has 0 aromatic carbocycles. The summed E-state index contributed by atoms with van der Waals surface area (Å²) >= 11 is 0. The van der Waals surface area contributed by atoms with Gasteiger partial charge in [0.1, 0.15) is 0 Å². The van der Waals surface area contributed by atoms with Gasteiger partial charge in [-0.25, -0.2) is 0 Å². The van der Waals surface area contributed by atoms with Crippen molar-refractivity contribution < 1.29 is 4.79 Å². The quantitative estimate of drug-likeness (QED) is 0.683. The summed E-state index contributed by atoms with van der Waals surface area (Å²) in [6, 6.07) is 0. The van der Waals surface area contributed by atoms with E-state index in [0.717, 1.165) is 17.7 Å². The highest BCUT2D eigenvalue weighted by atomic mass is 16.2. The molecule has 0 saturated carbocycles. The van der Waals surface area contributed by atoms with E-state index in [1.54, 1.807) is 4.68 Å². The molecular formula is C10H15N7O. The molecule has 0 fully saturated rings. The molecule has 0 saturated heterocycles. The number of carbonyl (C=O) groups is 1. The predicted octanol–water partition coefficient (Wildman–Crippen LogP) is -0.387. The molecule has 2 heterocycles. The standard InChI is InChI=1S/C10H15N7O/c1-3-7-6(5-17(2)16-7)4-12-9(18)8-13-10(11)15-14-8/h5H,3-4H2,1-2H3,(H,12,18)(H3,11,13,14,15). The number of nitrogen functional groups attached to an aromatic ring is 1. The minimum absolute atomic E-state index is 0.0516. The molecule has 4 N–H and O–H groups in total. The van der Waals surface area contributed by atoms with Crippen LogP contribution in [0.1, 0.15) is 28.8 Å². The van der Waals surface area contributed by atoms with Crippen LogP contribution in [-0.4, -0.2) is 30.9 Å². The molecule has 1 amide bonds. The van der Waals surface area contributed by atoms with Crippen LogP contribution in [-0.2, 0) is 20.0 Å². The molecule has 0 aliphatic rings. The van der Waals surface area contributed by atoms with E-state index in [2.05, 4.69) is 25.6 Å². The molecule has 0 spiro atoms. The number of aryl methyl sites for hydroxylation is 2. The summed E-state index contributed by atoms with van der Waals surface area (Å²) in [7, 11) is 1.85. The fourth-order valence-electron chi connectivity index (χ4n) is 1.66. The molecule has 2 aromatic heterocycles. The van der Waals surface area contributed by atoms with Crippen LogP contribution >= 0.6 is 0 Å². The van der Waals surface area contributed by atoms with Crippen molar-refractivity contribution in [3.05, 3.63) is 23.3 Å². The summed E-state index contributed by atoms with van der Waals surface area (Å²) in [6.45, 7) is 2.42. The van der Waals surface area contributed by atoms with E-state index in [4.69, 9.17) is 5.73 Å². The SMILES string of the molecule is CCc1nn(C)cc1CNC(=O)c1nc(N)n[nH]1. The Morgan fingerprint density at radius 3 is 3.00 bits per heavy atom. The second kappa shape index (κ2) is 4.86. The van der Waals surface area contributed by atoms with E-state index >= 15 is 0 Å². The first-order chi connectivity index (χ1) is 8.60. The summed E-state index contributed by atoms with van der Waals surface area (Å²) < 4.78 is 1.73. The van der Waals surface area contributed by atoms with Gasteiger partial charge in [-0.3, -0.25) is 14.6 Å². The van der Waals surface area contributed by atoms with Gasteiger partial charge in [-0.1, -0.05) is 6.92 Å².